The number of hydrogen-bond acceptors (Lipinski definition) is 5. The number of carbonyl (C=O) groups excluding carboxylic acids is 1. The number of ether oxygens (including phenoxy) is 1. The highest BCUT2D eigenvalue weighted by Crippen LogP contribution is 2.24. The number of rotatable bonds is 6. The van der Waals surface area contributed by atoms with E-state index < -0.39 is 0 Å². The van der Waals surface area contributed by atoms with Gasteiger partial charge in [0.05, 0.1) is 25.3 Å². The van der Waals surface area contributed by atoms with Crippen molar-refractivity contribution in [3.8, 4) is 5.75 Å². The molecule has 0 unspecified atom stereocenters. The number of aromatic amines is 1. The number of carbonyl (C=O) groups is 1. The molecule has 2 N–H and O–H groups in total. The molecule has 0 saturated heterocycles. The highest BCUT2D eigenvalue weighted by molar-refractivity contribution is 5.79. The lowest BCUT2D eigenvalue weighted by molar-refractivity contribution is -0.121. The lowest BCUT2D eigenvalue weighted by Gasteiger charge is -2.20. The van der Waals surface area contributed by atoms with Crippen LogP contribution in [0.5, 0.6) is 5.75 Å². The summed E-state index contributed by atoms with van der Waals surface area (Å²) in [6, 6.07) is 16.9. The van der Waals surface area contributed by atoms with E-state index in [1.807, 2.05) is 54.6 Å². The SMILES string of the molecule is COc1ccc([C@@H](NC(=O)Cc2c(C)nc3[nH]nc(C)n3c2=O)c2ccccc2)cc1. The van der Waals surface area contributed by atoms with Crippen LogP contribution in [-0.2, 0) is 11.2 Å². The summed E-state index contributed by atoms with van der Waals surface area (Å²) < 4.78 is 6.62. The topological polar surface area (TPSA) is 101 Å². The van der Waals surface area contributed by atoms with Crippen LogP contribution in [0.15, 0.2) is 59.4 Å². The summed E-state index contributed by atoms with van der Waals surface area (Å²) in [5.41, 5.74) is 2.41. The van der Waals surface area contributed by atoms with Gasteiger partial charge in [0.25, 0.3) is 5.56 Å². The molecular formula is C23H23N5O3. The minimum atomic E-state index is -0.366. The fraction of sp³-hybridized carbons (Fsp3) is 0.217. The van der Waals surface area contributed by atoms with Crippen molar-refractivity contribution in [2.24, 2.45) is 0 Å². The standard InChI is InChI=1S/C23H23N5O3/c1-14-19(22(30)28-15(2)26-27-23(28)24-14)13-20(29)25-21(16-7-5-4-6-8-16)17-9-11-18(31-3)12-10-17/h4-12,21H,13H2,1-3H3,(H,24,27)(H,25,29)/t21-/m0/s1. The van der Waals surface area contributed by atoms with Crippen molar-refractivity contribution in [1.82, 2.24) is 24.9 Å². The molecule has 0 aliphatic heterocycles. The van der Waals surface area contributed by atoms with E-state index in [9.17, 15) is 9.59 Å². The number of aryl methyl sites for hydroxylation is 2. The van der Waals surface area contributed by atoms with Crippen molar-refractivity contribution in [3.63, 3.8) is 0 Å². The third-order valence-electron chi connectivity index (χ3n) is 5.25. The molecule has 1 amide bonds. The second kappa shape index (κ2) is 8.43. The average molecular weight is 417 g/mol. The van der Waals surface area contributed by atoms with Crippen LogP contribution in [0.4, 0.5) is 0 Å². The zero-order valence-corrected chi connectivity index (χ0v) is 17.5. The van der Waals surface area contributed by atoms with Crippen LogP contribution in [0.1, 0.15) is 34.3 Å². The molecule has 4 aromatic rings. The van der Waals surface area contributed by atoms with Crippen molar-refractivity contribution in [2.75, 3.05) is 7.11 Å². The Bertz CT molecular complexity index is 1280. The first-order chi connectivity index (χ1) is 15.0. The van der Waals surface area contributed by atoms with Gasteiger partial charge in [-0.05, 0) is 37.1 Å². The van der Waals surface area contributed by atoms with Crippen molar-refractivity contribution in [1.29, 1.82) is 0 Å². The highest BCUT2D eigenvalue weighted by Gasteiger charge is 2.20. The molecule has 2 aromatic heterocycles. The van der Waals surface area contributed by atoms with Gasteiger partial charge in [0.15, 0.2) is 0 Å². The van der Waals surface area contributed by atoms with Gasteiger partial charge < -0.3 is 10.1 Å². The molecule has 0 radical (unpaired) electrons. The highest BCUT2D eigenvalue weighted by atomic mass is 16.5. The molecule has 0 spiro atoms. The third kappa shape index (κ3) is 4.05. The lowest BCUT2D eigenvalue weighted by atomic mass is 9.98. The maximum atomic E-state index is 13.0. The number of amides is 1. The number of nitrogens with one attached hydrogen (secondary N) is 2. The quantitative estimate of drug-likeness (QED) is 0.502. The monoisotopic (exact) mass is 417 g/mol. The first-order valence-corrected chi connectivity index (χ1v) is 9.89. The number of fused-ring (bicyclic) bond motifs is 1. The summed E-state index contributed by atoms with van der Waals surface area (Å²) in [5, 5.41) is 9.82. The van der Waals surface area contributed by atoms with E-state index in [1.165, 1.54) is 4.40 Å². The minimum Gasteiger partial charge on any atom is -0.497 e. The molecule has 1 atom stereocenters. The maximum Gasteiger partial charge on any atom is 0.264 e. The molecule has 2 heterocycles. The molecule has 31 heavy (non-hydrogen) atoms. The largest absolute Gasteiger partial charge is 0.497 e. The molecule has 4 rings (SSSR count). The van der Waals surface area contributed by atoms with Crippen LogP contribution in [0.3, 0.4) is 0 Å². The van der Waals surface area contributed by atoms with E-state index >= 15 is 0 Å². The molecular weight excluding hydrogens is 394 g/mol. The third-order valence-corrected chi connectivity index (χ3v) is 5.25. The molecule has 0 bridgehead atoms. The Morgan fingerprint density at radius 1 is 1.10 bits per heavy atom. The number of nitrogens with zero attached hydrogens (tertiary/aromatic N) is 3. The van der Waals surface area contributed by atoms with Crippen LogP contribution in [0.25, 0.3) is 5.78 Å². The van der Waals surface area contributed by atoms with Crippen molar-refractivity contribution in [2.45, 2.75) is 26.3 Å². The first kappa shape index (κ1) is 20.3. The summed E-state index contributed by atoms with van der Waals surface area (Å²) in [5.74, 6) is 1.33. The number of aromatic nitrogens is 4. The van der Waals surface area contributed by atoms with Crippen LogP contribution < -0.4 is 15.6 Å². The van der Waals surface area contributed by atoms with Gasteiger partial charge in [-0.3, -0.25) is 9.59 Å². The predicted molar refractivity (Wildman–Crippen MR) is 116 cm³/mol. The normalized spacial score (nSPS) is 12.0. The Hall–Kier alpha value is -3.94. The Balaban J connectivity index is 1.64. The van der Waals surface area contributed by atoms with Crippen LogP contribution >= 0.6 is 0 Å². The predicted octanol–water partition coefficient (Wildman–Crippen LogP) is 2.49. The van der Waals surface area contributed by atoms with Gasteiger partial charge in [0.1, 0.15) is 11.6 Å². The van der Waals surface area contributed by atoms with Gasteiger partial charge in [-0.1, -0.05) is 42.5 Å². The zero-order chi connectivity index (χ0) is 22.0. The van der Waals surface area contributed by atoms with Crippen molar-refractivity contribution < 1.29 is 9.53 Å². The van der Waals surface area contributed by atoms with Gasteiger partial charge in [-0.25, -0.2) is 14.5 Å². The van der Waals surface area contributed by atoms with Crippen LogP contribution in [0.2, 0.25) is 0 Å². The Labute approximate surface area is 178 Å². The van der Waals surface area contributed by atoms with E-state index in [1.54, 1.807) is 21.0 Å². The number of methoxy groups -OCH3 is 1. The Morgan fingerprint density at radius 3 is 2.45 bits per heavy atom. The maximum absolute atomic E-state index is 13.0. The molecule has 2 aromatic carbocycles. The van der Waals surface area contributed by atoms with E-state index in [0.717, 1.165) is 16.9 Å². The van der Waals surface area contributed by atoms with Crippen LogP contribution in [-0.4, -0.2) is 32.6 Å². The summed E-state index contributed by atoms with van der Waals surface area (Å²) in [7, 11) is 1.61. The van der Waals surface area contributed by atoms with Gasteiger partial charge in [-0.2, -0.15) is 5.10 Å². The fourth-order valence-electron chi connectivity index (χ4n) is 3.60. The Morgan fingerprint density at radius 2 is 1.77 bits per heavy atom. The minimum absolute atomic E-state index is 0.0787. The second-order valence-electron chi connectivity index (χ2n) is 7.27. The summed E-state index contributed by atoms with van der Waals surface area (Å²) in [4.78, 5) is 30.3. The summed E-state index contributed by atoms with van der Waals surface area (Å²) in [6.45, 7) is 3.43. The first-order valence-electron chi connectivity index (χ1n) is 9.89. The number of benzene rings is 2. The van der Waals surface area contributed by atoms with E-state index in [0.29, 0.717) is 22.9 Å². The molecule has 0 aliphatic carbocycles. The summed E-state index contributed by atoms with van der Waals surface area (Å²) >= 11 is 0. The lowest BCUT2D eigenvalue weighted by Crippen LogP contribution is -2.33. The average Bonchev–Trinajstić information content (AvgIpc) is 3.16. The van der Waals surface area contributed by atoms with Crippen LogP contribution in [0, 0.1) is 13.8 Å². The fourth-order valence-corrected chi connectivity index (χ4v) is 3.60. The van der Waals surface area contributed by atoms with Gasteiger partial charge in [0, 0.05) is 5.56 Å². The molecule has 8 nitrogen and oxygen atoms in total. The van der Waals surface area contributed by atoms with Crippen molar-refractivity contribution >= 4 is 11.7 Å². The second-order valence-corrected chi connectivity index (χ2v) is 7.27. The van der Waals surface area contributed by atoms with Crippen molar-refractivity contribution in [3.05, 3.63) is 93.2 Å². The van der Waals surface area contributed by atoms with Gasteiger partial charge in [0.2, 0.25) is 11.7 Å². The zero-order valence-electron chi connectivity index (χ0n) is 17.5. The number of H-pyrrole nitrogens is 1. The molecule has 158 valence electrons. The number of hydrogen-bond donors (Lipinski definition) is 2. The smallest absolute Gasteiger partial charge is 0.264 e. The molecule has 0 saturated carbocycles. The molecule has 0 aliphatic rings. The molecule has 8 heteroatoms. The van der Waals surface area contributed by atoms with E-state index in [-0.39, 0.29) is 23.9 Å². The molecule has 0 fully saturated rings. The Kier molecular flexibility index (Phi) is 5.53. The summed E-state index contributed by atoms with van der Waals surface area (Å²) in [6.07, 6.45) is -0.0787. The van der Waals surface area contributed by atoms with E-state index in [4.69, 9.17) is 4.74 Å². The van der Waals surface area contributed by atoms with Gasteiger partial charge in [-0.15, -0.1) is 0 Å². The van der Waals surface area contributed by atoms with Gasteiger partial charge >= 0.3 is 0 Å². The van der Waals surface area contributed by atoms with E-state index in [2.05, 4.69) is 20.5 Å².